The van der Waals surface area contributed by atoms with Crippen LogP contribution in [0.1, 0.15) is 11.3 Å². The van der Waals surface area contributed by atoms with Gasteiger partial charge in [-0.1, -0.05) is 0 Å². The molecule has 5 nitrogen and oxygen atoms in total. The lowest BCUT2D eigenvalue weighted by molar-refractivity contribution is -0.385. The monoisotopic (exact) mass is 344 g/mol. The SMILES string of the molecule is Cc1cc(OCc2csc(-c3ccc(F)cc3)n2)ccc1[N+](=O)[O-]. The summed E-state index contributed by atoms with van der Waals surface area (Å²) in [5.74, 6) is 0.266. The lowest BCUT2D eigenvalue weighted by Gasteiger charge is -2.05. The summed E-state index contributed by atoms with van der Waals surface area (Å²) in [5.41, 5.74) is 2.20. The third-order valence-electron chi connectivity index (χ3n) is 3.39. The number of thiazole rings is 1. The fraction of sp³-hybridized carbons (Fsp3) is 0.118. The van der Waals surface area contributed by atoms with Gasteiger partial charge < -0.3 is 4.74 Å². The molecule has 0 spiro atoms. The largest absolute Gasteiger partial charge is 0.487 e. The van der Waals surface area contributed by atoms with Crippen LogP contribution >= 0.6 is 11.3 Å². The van der Waals surface area contributed by atoms with Crippen molar-refractivity contribution in [3.05, 3.63) is 75.0 Å². The third-order valence-corrected chi connectivity index (χ3v) is 4.33. The summed E-state index contributed by atoms with van der Waals surface area (Å²) < 4.78 is 18.6. The molecule has 0 N–H and O–H groups in total. The summed E-state index contributed by atoms with van der Waals surface area (Å²) >= 11 is 1.45. The maximum absolute atomic E-state index is 12.9. The zero-order chi connectivity index (χ0) is 17.1. The summed E-state index contributed by atoms with van der Waals surface area (Å²) in [6, 6.07) is 10.8. The van der Waals surface area contributed by atoms with E-state index in [-0.39, 0.29) is 18.1 Å². The van der Waals surface area contributed by atoms with Crippen LogP contribution in [0.25, 0.3) is 10.6 Å². The number of hydrogen-bond donors (Lipinski definition) is 0. The van der Waals surface area contributed by atoms with E-state index < -0.39 is 4.92 Å². The van der Waals surface area contributed by atoms with Gasteiger partial charge in [-0.3, -0.25) is 10.1 Å². The Morgan fingerprint density at radius 1 is 1.25 bits per heavy atom. The maximum Gasteiger partial charge on any atom is 0.272 e. The van der Waals surface area contributed by atoms with Crippen molar-refractivity contribution in [1.82, 2.24) is 4.98 Å². The Labute approximate surface area is 141 Å². The molecule has 3 rings (SSSR count). The van der Waals surface area contributed by atoms with E-state index in [2.05, 4.69) is 4.98 Å². The zero-order valence-corrected chi connectivity index (χ0v) is 13.5. The van der Waals surface area contributed by atoms with E-state index in [4.69, 9.17) is 4.74 Å². The van der Waals surface area contributed by atoms with Crippen molar-refractivity contribution < 1.29 is 14.1 Å². The first kappa shape index (κ1) is 16.1. The molecule has 0 atom stereocenters. The number of aryl methyl sites for hydroxylation is 1. The van der Waals surface area contributed by atoms with Crippen LogP contribution in [0.5, 0.6) is 5.75 Å². The van der Waals surface area contributed by atoms with Crippen molar-refractivity contribution in [2.45, 2.75) is 13.5 Å². The van der Waals surface area contributed by atoms with E-state index in [1.165, 1.54) is 29.5 Å². The van der Waals surface area contributed by atoms with Gasteiger partial charge in [-0.25, -0.2) is 9.37 Å². The molecular weight excluding hydrogens is 331 g/mol. The van der Waals surface area contributed by atoms with E-state index >= 15 is 0 Å². The number of nitro groups is 1. The minimum Gasteiger partial charge on any atom is -0.487 e. The normalized spacial score (nSPS) is 10.6. The van der Waals surface area contributed by atoms with Crippen LogP contribution in [0.2, 0.25) is 0 Å². The van der Waals surface area contributed by atoms with Crippen molar-refractivity contribution in [3.8, 4) is 16.3 Å². The van der Waals surface area contributed by atoms with E-state index in [1.54, 1.807) is 31.2 Å². The molecule has 0 aliphatic carbocycles. The average Bonchev–Trinajstić information content (AvgIpc) is 3.02. The molecule has 0 unspecified atom stereocenters. The lowest BCUT2D eigenvalue weighted by Crippen LogP contribution is -1.97. The molecule has 0 saturated heterocycles. The molecule has 24 heavy (non-hydrogen) atoms. The van der Waals surface area contributed by atoms with Crippen molar-refractivity contribution in [2.75, 3.05) is 0 Å². The molecule has 2 aromatic carbocycles. The van der Waals surface area contributed by atoms with Gasteiger partial charge in [-0.05, 0) is 43.3 Å². The number of rotatable bonds is 5. The fourth-order valence-electron chi connectivity index (χ4n) is 2.18. The Balaban J connectivity index is 1.68. The van der Waals surface area contributed by atoms with E-state index in [9.17, 15) is 14.5 Å². The molecule has 0 amide bonds. The van der Waals surface area contributed by atoms with Crippen molar-refractivity contribution in [3.63, 3.8) is 0 Å². The number of nitrogens with zero attached hydrogens (tertiary/aromatic N) is 2. The van der Waals surface area contributed by atoms with Gasteiger partial charge in [0.05, 0.1) is 10.6 Å². The van der Waals surface area contributed by atoms with E-state index in [0.717, 1.165) is 16.3 Å². The van der Waals surface area contributed by atoms with Gasteiger partial charge in [0.1, 0.15) is 23.2 Å². The highest BCUT2D eigenvalue weighted by Crippen LogP contribution is 2.26. The second-order valence-corrected chi connectivity index (χ2v) is 6.00. The van der Waals surface area contributed by atoms with Crippen LogP contribution in [-0.2, 0) is 6.61 Å². The minimum absolute atomic E-state index is 0.0644. The van der Waals surface area contributed by atoms with E-state index in [0.29, 0.717) is 11.3 Å². The summed E-state index contributed by atoms with van der Waals surface area (Å²) in [7, 11) is 0. The Morgan fingerprint density at radius 3 is 2.67 bits per heavy atom. The molecule has 7 heteroatoms. The first-order valence-electron chi connectivity index (χ1n) is 7.11. The van der Waals surface area contributed by atoms with Crippen molar-refractivity contribution in [1.29, 1.82) is 0 Å². The van der Waals surface area contributed by atoms with Crippen molar-refractivity contribution >= 4 is 17.0 Å². The summed E-state index contributed by atoms with van der Waals surface area (Å²) in [5, 5.41) is 13.5. The number of halogens is 1. The Morgan fingerprint density at radius 2 is 2.00 bits per heavy atom. The summed E-state index contributed by atoms with van der Waals surface area (Å²) in [4.78, 5) is 14.8. The highest BCUT2D eigenvalue weighted by atomic mass is 32.1. The van der Waals surface area contributed by atoms with Gasteiger partial charge in [-0.15, -0.1) is 11.3 Å². The molecule has 0 aliphatic heterocycles. The number of hydrogen-bond acceptors (Lipinski definition) is 5. The zero-order valence-electron chi connectivity index (χ0n) is 12.7. The Hall–Kier alpha value is -2.80. The number of aromatic nitrogens is 1. The number of nitro benzene ring substituents is 1. The molecule has 0 saturated carbocycles. The second kappa shape index (κ2) is 6.76. The molecule has 122 valence electrons. The highest BCUT2D eigenvalue weighted by Gasteiger charge is 2.11. The molecule has 1 aromatic heterocycles. The maximum atomic E-state index is 12.9. The molecular formula is C17H13FN2O3S. The van der Waals surface area contributed by atoms with Gasteiger partial charge in [0.2, 0.25) is 0 Å². The molecule has 3 aromatic rings. The van der Waals surface area contributed by atoms with Gasteiger partial charge in [-0.2, -0.15) is 0 Å². The first-order chi connectivity index (χ1) is 11.5. The predicted octanol–water partition coefficient (Wildman–Crippen LogP) is 4.74. The predicted molar refractivity (Wildman–Crippen MR) is 89.7 cm³/mol. The van der Waals surface area contributed by atoms with Crippen LogP contribution in [0, 0.1) is 22.9 Å². The number of ether oxygens (including phenoxy) is 1. The van der Waals surface area contributed by atoms with Crippen molar-refractivity contribution in [2.24, 2.45) is 0 Å². The van der Waals surface area contributed by atoms with Gasteiger partial charge in [0, 0.05) is 22.6 Å². The lowest BCUT2D eigenvalue weighted by atomic mass is 10.2. The Kier molecular flexibility index (Phi) is 4.52. The standard InChI is InChI=1S/C17H13FN2O3S/c1-11-8-15(6-7-16(11)20(21)22)23-9-14-10-24-17(19-14)12-2-4-13(18)5-3-12/h2-8,10H,9H2,1H3. The molecule has 0 radical (unpaired) electrons. The van der Waals surface area contributed by atoms with Crippen LogP contribution < -0.4 is 4.74 Å². The summed E-state index contributed by atoms with van der Waals surface area (Å²) in [6.07, 6.45) is 0. The first-order valence-corrected chi connectivity index (χ1v) is 7.99. The van der Waals surface area contributed by atoms with Gasteiger partial charge in [0.15, 0.2) is 0 Å². The third kappa shape index (κ3) is 3.57. The number of benzene rings is 2. The molecule has 0 bridgehead atoms. The fourth-order valence-corrected chi connectivity index (χ4v) is 2.99. The molecule has 1 heterocycles. The van der Waals surface area contributed by atoms with Crippen LogP contribution in [0.4, 0.5) is 10.1 Å². The second-order valence-electron chi connectivity index (χ2n) is 5.14. The quantitative estimate of drug-likeness (QED) is 0.495. The molecule has 0 fully saturated rings. The van der Waals surface area contributed by atoms with Crippen LogP contribution in [0.15, 0.2) is 47.8 Å². The van der Waals surface area contributed by atoms with Gasteiger partial charge >= 0.3 is 0 Å². The topological polar surface area (TPSA) is 65.3 Å². The highest BCUT2D eigenvalue weighted by molar-refractivity contribution is 7.13. The minimum atomic E-state index is -0.422. The van der Waals surface area contributed by atoms with Gasteiger partial charge in [0.25, 0.3) is 5.69 Å². The molecule has 0 aliphatic rings. The van der Waals surface area contributed by atoms with Crippen LogP contribution in [0.3, 0.4) is 0 Å². The smallest absolute Gasteiger partial charge is 0.272 e. The average molecular weight is 344 g/mol. The van der Waals surface area contributed by atoms with E-state index in [1.807, 2.05) is 5.38 Å². The Bertz CT molecular complexity index is 878. The van der Waals surface area contributed by atoms with Crippen LogP contribution in [-0.4, -0.2) is 9.91 Å². The summed E-state index contributed by atoms with van der Waals surface area (Å²) in [6.45, 7) is 1.93.